The molecule has 2 aromatic rings. The molecule has 0 bridgehead atoms. The van der Waals surface area contributed by atoms with Crippen molar-refractivity contribution >= 4 is 12.6 Å². The van der Waals surface area contributed by atoms with Crippen LogP contribution in [0.15, 0.2) is 36.4 Å². The maximum absolute atomic E-state index is 13.4. The first kappa shape index (κ1) is 14.6. The second-order valence-electron chi connectivity index (χ2n) is 4.75. The minimum atomic E-state index is -1.71. The number of benzene rings is 2. The van der Waals surface area contributed by atoms with E-state index >= 15 is 0 Å². The predicted molar refractivity (Wildman–Crippen MR) is 76.5 cm³/mol. The number of hydrogen-bond donors (Lipinski definition) is 2. The average Bonchev–Trinajstić information content (AvgIpc) is 2.37. The molecule has 0 aromatic heterocycles. The van der Waals surface area contributed by atoms with Gasteiger partial charge >= 0.3 is 7.12 Å². The van der Waals surface area contributed by atoms with Gasteiger partial charge in [-0.05, 0) is 48.1 Å². The zero-order valence-electron chi connectivity index (χ0n) is 11.4. The maximum atomic E-state index is 13.4. The molecule has 0 aliphatic carbocycles. The fourth-order valence-corrected chi connectivity index (χ4v) is 2.05. The first-order chi connectivity index (χ1) is 9.47. The highest BCUT2D eigenvalue weighted by Gasteiger charge is 2.14. The van der Waals surface area contributed by atoms with Crippen LogP contribution in [0.1, 0.15) is 16.7 Å². The van der Waals surface area contributed by atoms with Gasteiger partial charge in [-0.3, -0.25) is 0 Å². The van der Waals surface area contributed by atoms with Crippen LogP contribution in [0, 0.1) is 19.7 Å². The summed E-state index contributed by atoms with van der Waals surface area (Å²) in [5, 5.41) is 18.2. The van der Waals surface area contributed by atoms with Crippen molar-refractivity contribution in [1.29, 1.82) is 0 Å². The zero-order valence-corrected chi connectivity index (χ0v) is 11.4. The molecule has 0 unspecified atom stereocenters. The van der Waals surface area contributed by atoms with E-state index in [4.69, 9.17) is 14.8 Å². The lowest BCUT2D eigenvalue weighted by molar-refractivity contribution is 0.303. The average molecular weight is 274 g/mol. The summed E-state index contributed by atoms with van der Waals surface area (Å²) in [5.74, 6) is -0.289. The van der Waals surface area contributed by atoms with Crippen LogP contribution in [0.2, 0.25) is 0 Å². The highest BCUT2D eigenvalue weighted by Crippen LogP contribution is 2.18. The summed E-state index contributed by atoms with van der Waals surface area (Å²) in [5.41, 5.74) is 3.32. The van der Waals surface area contributed by atoms with Gasteiger partial charge in [-0.15, -0.1) is 0 Å². The molecule has 20 heavy (non-hydrogen) atoms. The quantitative estimate of drug-likeness (QED) is 0.834. The molecule has 2 rings (SSSR count). The van der Waals surface area contributed by atoms with Crippen molar-refractivity contribution in [2.24, 2.45) is 0 Å². The third-order valence-electron chi connectivity index (χ3n) is 3.22. The van der Waals surface area contributed by atoms with Crippen LogP contribution in [0.4, 0.5) is 4.39 Å². The summed E-state index contributed by atoms with van der Waals surface area (Å²) in [7, 11) is -1.71. The highest BCUT2D eigenvalue weighted by atomic mass is 19.1. The van der Waals surface area contributed by atoms with E-state index in [1.54, 1.807) is 0 Å². The van der Waals surface area contributed by atoms with Gasteiger partial charge in [-0.1, -0.05) is 18.2 Å². The number of halogens is 1. The summed E-state index contributed by atoms with van der Waals surface area (Å²) in [4.78, 5) is 0. The smallest absolute Gasteiger partial charge is 0.488 e. The Morgan fingerprint density at radius 2 is 1.75 bits per heavy atom. The fraction of sp³-hybridized carbons (Fsp3) is 0.200. The first-order valence-corrected chi connectivity index (χ1v) is 6.32. The SMILES string of the molecule is Cc1cccc(C)c1COc1cc(F)cc(B(O)O)c1. The molecular formula is C15H16BFO3. The molecule has 5 heteroatoms. The fourth-order valence-electron chi connectivity index (χ4n) is 2.05. The van der Waals surface area contributed by atoms with Crippen LogP contribution >= 0.6 is 0 Å². The Morgan fingerprint density at radius 1 is 1.10 bits per heavy atom. The van der Waals surface area contributed by atoms with Gasteiger partial charge in [0.1, 0.15) is 18.2 Å². The Kier molecular flexibility index (Phi) is 4.42. The van der Waals surface area contributed by atoms with Crippen molar-refractivity contribution in [2.45, 2.75) is 20.5 Å². The van der Waals surface area contributed by atoms with Gasteiger partial charge in [0.2, 0.25) is 0 Å². The topological polar surface area (TPSA) is 49.7 Å². The van der Waals surface area contributed by atoms with Crippen molar-refractivity contribution in [3.05, 3.63) is 58.9 Å². The monoisotopic (exact) mass is 274 g/mol. The second-order valence-corrected chi connectivity index (χ2v) is 4.75. The zero-order chi connectivity index (χ0) is 14.7. The van der Waals surface area contributed by atoms with Crippen LogP contribution in [0.25, 0.3) is 0 Å². The number of hydrogen-bond acceptors (Lipinski definition) is 3. The Bertz CT molecular complexity index is 594. The van der Waals surface area contributed by atoms with E-state index in [1.165, 1.54) is 12.1 Å². The molecule has 0 spiro atoms. The molecule has 0 radical (unpaired) electrons. The van der Waals surface area contributed by atoms with E-state index in [0.717, 1.165) is 22.8 Å². The molecule has 0 fully saturated rings. The Morgan fingerprint density at radius 3 is 2.35 bits per heavy atom. The van der Waals surface area contributed by atoms with Crippen molar-refractivity contribution in [3.8, 4) is 5.75 Å². The summed E-state index contributed by atoms with van der Waals surface area (Å²) < 4.78 is 18.9. The van der Waals surface area contributed by atoms with Gasteiger partial charge in [-0.2, -0.15) is 0 Å². The summed E-state index contributed by atoms with van der Waals surface area (Å²) >= 11 is 0. The molecule has 104 valence electrons. The Labute approximate surface area is 117 Å². The third-order valence-corrected chi connectivity index (χ3v) is 3.22. The van der Waals surface area contributed by atoms with Gasteiger partial charge < -0.3 is 14.8 Å². The van der Waals surface area contributed by atoms with E-state index in [2.05, 4.69) is 0 Å². The summed E-state index contributed by atoms with van der Waals surface area (Å²) in [6.45, 7) is 4.28. The lowest BCUT2D eigenvalue weighted by Gasteiger charge is -2.12. The molecule has 0 aliphatic rings. The van der Waals surface area contributed by atoms with Gasteiger partial charge in [0.05, 0.1) is 0 Å². The number of aryl methyl sites for hydroxylation is 2. The molecule has 0 amide bonds. The Balaban J connectivity index is 2.19. The standard InChI is InChI=1S/C15H16BFO3/c1-10-4-3-5-11(2)15(10)9-20-14-7-12(16(18)19)6-13(17)8-14/h3-8,18-19H,9H2,1-2H3. The van der Waals surface area contributed by atoms with E-state index in [1.807, 2.05) is 32.0 Å². The van der Waals surface area contributed by atoms with Crippen LogP contribution in [-0.2, 0) is 6.61 Å². The third kappa shape index (κ3) is 3.38. The Hall–Kier alpha value is -1.85. The van der Waals surface area contributed by atoms with Crippen molar-refractivity contribution in [3.63, 3.8) is 0 Å². The number of ether oxygens (including phenoxy) is 1. The van der Waals surface area contributed by atoms with Gasteiger partial charge in [-0.25, -0.2) is 4.39 Å². The summed E-state index contributed by atoms with van der Waals surface area (Å²) in [6, 6.07) is 9.65. The van der Waals surface area contributed by atoms with Crippen LogP contribution < -0.4 is 10.2 Å². The van der Waals surface area contributed by atoms with Crippen molar-refractivity contribution in [1.82, 2.24) is 0 Å². The van der Waals surface area contributed by atoms with Gasteiger partial charge in [0.25, 0.3) is 0 Å². The highest BCUT2D eigenvalue weighted by molar-refractivity contribution is 6.58. The molecule has 0 heterocycles. The molecule has 2 N–H and O–H groups in total. The van der Waals surface area contributed by atoms with Crippen molar-refractivity contribution < 1.29 is 19.2 Å². The van der Waals surface area contributed by atoms with Gasteiger partial charge in [0, 0.05) is 6.07 Å². The molecule has 2 aromatic carbocycles. The van der Waals surface area contributed by atoms with E-state index in [0.29, 0.717) is 6.61 Å². The number of rotatable bonds is 4. The van der Waals surface area contributed by atoms with Crippen LogP contribution in [0.5, 0.6) is 5.75 Å². The summed E-state index contributed by atoms with van der Waals surface area (Å²) in [6.07, 6.45) is 0. The van der Waals surface area contributed by atoms with Crippen molar-refractivity contribution in [2.75, 3.05) is 0 Å². The van der Waals surface area contributed by atoms with Crippen LogP contribution in [0.3, 0.4) is 0 Å². The molecule has 3 nitrogen and oxygen atoms in total. The van der Waals surface area contributed by atoms with Gasteiger partial charge in [0.15, 0.2) is 0 Å². The normalized spacial score (nSPS) is 10.4. The maximum Gasteiger partial charge on any atom is 0.488 e. The minimum absolute atomic E-state index is 0.0708. The van der Waals surface area contributed by atoms with Crippen LogP contribution in [-0.4, -0.2) is 17.2 Å². The molecule has 0 saturated carbocycles. The van der Waals surface area contributed by atoms with E-state index < -0.39 is 12.9 Å². The minimum Gasteiger partial charge on any atom is -0.489 e. The predicted octanol–water partition coefficient (Wildman–Crippen LogP) is 1.70. The largest absolute Gasteiger partial charge is 0.489 e. The lowest BCUT2D eigenvalue weighted by atomic mass is 9.80. The molecule has 0 atom stereocenters. The van der Waals surface area contributed by atoms with E-state index in [9.17, 15) is 4.39 Å². The second kappa shape index (κ2) is 6.07. The molecule has 0 saturated heterocycles. The lowest BCUT2D eigenvalue weighted by Crippen LogP contribution is -2.30. The molecular weight excluding hydrogens is 258 g/mol. The molecule has 0 aliphatic heterocycles. The van der Waals surface area contributed by atoms with E-state index in [-0.39, 0.29) is 11.2 Å². The first-order valence-electron chi connectivity index (χ1n) is 6.32.